The molecule has 1 aromatic rings. The molecular formula is C10H16N4O2S. The summed E-state index contributed by atoms with van der Waals surface area (Å²) in [5.41, 5.74) is 5.26. The summed E-state index contributed by atoms with van der Waals surface area (Å²) in [5.74, 6) is -0.319. The van der Waals surface area contributed by atoms with E-state index in [2.05, 4.69) is 15.2 Å². The third-order valence-electron chi connectivity index (χ3n) is 3.00. The topological polar surface area (TPSA) is 93.9 Å². The predicted molar refractivity (Wildman–Crippen MR) is 63.4 cm³/mol. The largest absolute Gasteiger partial charge is 0.468 e. The van der Waals surface area contributed by atoms with Crippen molar-refractivity contribution in [3.8, 4) is 0 Å². The van der Waals surface area contributed by atoms with Gasteiger partial charge in [0.1, 0.15) is 11.9 Å². The van der Waals surface area contributed by atoms with Gasteiger partial charge in [0.25, 0.3) is 0 Å². The molecule has 0 aromatic carbocycles. The van der Waals surface area contributed by atoms with E-state index in [4.69, 9.17) is 10.5 Å². The number of carbonyl (C=O) groups is 1. The van der Waals surface area contributed by atoms with Gasteiger partial charge in [-0.25, -0.2) is 4.98 Å². The molecule has 0 bridgehead atoms. The summed E-state index contributed by atoms with van der Waals surface area (Å²) in [4.78, 5) is 15.7. The van der Waals surface area contributed by atoms with Crippen molar-refractivity contribution in [3.05, 3.63) is 6.33 Å². The second-order valence-corrected chi connectivity index (χ2v) is 5.56. The van der Waals surface area contributed by atoms with Crippen LogP contribution < -0.4 is 5.73 Å². The number of ether oxygens (including phenoxy) is 1. The first-order valence-electron chi connectivity index (χ1n) is 5.53. The Balaban J connectivity index is 1.99. The zero-order valence-corrected chi connectivity index (χ0v) is 10.5. The van der Waals surface area contributed by atoms with Crippen LogP contribution in [0.25, 0.3) is 0 Å². The highest BCUT2D eigenvalue weighted by molar-refractivity contribution is 7.99. The van der Waals surface area contributed by atoms with Crippen molar-refractivity contribution in [1.82, 2.24) is 15.2 Å². The van der Waals surface area contributed by atoms with E-state index in [-0.39, 0.29) is 11.2 Å². The highest BCUT2D eigenvalue weighted by Crippen LogP contribution is 2.36. The van der Waals surface area contributed by atoms with Gasteiger partial charge in [0.2, 0.25) is 0 Å². The average Bonchev–Trinajstić information content (AvgIpc) is 2.81. The van der Waals surface area contributed by atoms with Gasteiger partial charge in [-0.2, -0.15) is 5.10 Å². The Kier molecular flexibility index (Phi) is 3.68. The molecule has 0 aliphatic heterocycles. The standard InChI is InChI=1S/C10H16N4O2S/c1-16-8(15)10(11)4-2-3-7(5-10)17-9-12-6-13-14-9/h6-7H,2-5,11H2,1H3,(H,12,13,14). The number of aromatic nitrogens is 3. The van der Waals surface area contributed by atoms with Gasteiger partial charge in [0, 0.05) is 5.25 Å². The first-order chi connectivity index (χ1) is 8.14. The van der Waals surface area contributed by atoms with Gasteiger partial charge in [0.15, 0.2) is 5.16 Å². The van der Waals surface area contributed by atoms with Gasteiger partial charge in [-0.1, -0.05) is 11.8 Å². The number of nitrogens with one attached hydrogen (secondary N) is 1. The van der Waals surface area contributed by atoms with Crippen LogP contribution in [0.1, 0.15) is 25.7 Å². The molecular weight excluding hydrogens is 240 g/mol. The van der Waals surface area contributed by atoms with Crippen LogP contribution in [0.3, 0.4) is 0 Å². The Hall–Kier alpha value is -1.08. The number of rotatable bonds is 3. The van der Waals surface area contributed by atoms with Gasteiger partial charge >= 0.3 is 5.97 Å². The Morgan fingerprint density at radius 2 is 2.59 bits per heavy atom. The molecule has 1 saturated carbocycles. The Morgan fingerprint density at radius 3 is 3.24 bits per heavy atom. The number of methoxy groups -OCH3 is 1. The second kappa shape index (κ2) is 5.05. The molecule has 6 nitrogen and oxygen atoms in total. The number of thioether (sulfide) groups is 1. The van der Waals surface area contributed by atoms with E-state index in [9.17, 15) is 4.79 Å². The Bertz CT molecular complexity index is 384. The first kappa shape index (κ1) is 12.4. The number of nitrogens with zero attached hydrogens (tertiary/aromatic N) is 2. The first-order valence-corrected chi connectivity index (χ1v) is 6.41. The molecule has 17 heavy (non-hydrogen) atoms. The molecule has 1 aromatic heterocycles. The van der Waals surface area contributed by atoms with Gasteiger partial charge in [-0.15, -0.1) is 0 Å². The molecule has 0 spiro atoms. The van der Waals surface area contributed by atoms with Crippen molar-refractivity contribution in [2.45, 2.75) is 41.6 Å². The lowest BCUT2D eigenvalue weighted by molar-refractivity contribution is -0.148. The number of hydrogen-bond acceptors (Lipinski definition) is 6. The molecule has 94 valence electrons. The molecule has 1 aliphatic rings. The fraction of sp³-hybridized carbons (Fsp3) is 0.700. The van der Waals surface area contributed by atoms with Crippen LogP contribution in [0.15, 0.2) is 11.5 Å². The zero-order chi connectivity index (χ0) is 12.3. The lowest BCUT2D eigenvalue weighted by atomic mass is 9.82. The second-order valence-electron chi connectivity index (χ2n) is 4.27. The minimum absolute atomic E-state index is 0.279. The molecule has 2 rings (SSSR count). The molecule has 7 heteroatoms. The highest BCUT2D eigenvalue weighted by Gasteiger charge is 2.40. The molecule has 0 radical (unpaired) electrons. The summed E-state index contributed by atoms with van der Waals surface area (Å²) in [7, 11) is 1.38. The maximum atomic E-state index is 11.6. The monoisotopic (exact) mass is 256 g/mol. The van der Waals surface area contributed by atoms with Gasteiger partial charge in [0.05, 0.1) is 7.11 Å². The Labute approximate surface area is 104 Å². The summed E-state index contributed by atoms with van der Waals surface area (Å²) >= 11 is 1.58. The van der Waals surface area contributed by atoms with E-state index < -0.39 is 5.54 Å². The fourth-order valence-corrected chi connectivity index (χ4v) is 3.35. The molecule has 1 aliphatic carbocycles. The molecule has 2 unspecified atom stereocenters. The summed E-state index contributed by atoms with van der Waals surface area (Å²) in [5, 5.41) is 7.64. The number of H-pyrrole nitrogens is 1. The molecule has 1 heterocycles. The van der Waals surface area contributed by atoms with Crippen LogP contribution in [0.2, 0.25) is 0 Å². The van der Waals surface area contributed by atoms with Crippen molar-refractivity contribution in [2.24, 2.45) is 5.73 Å². The Morgan fingerprint density at radius 1 is 1.76 bits per heavy atom. The zero-order valence-electron chi connectivity index (χ0n) is 9.68. The van der Waals surface area contributed by atoms with Crippen molar-refractivity contribution in [1.29, 1.82) is 0 Å². The van der Waals surface area contributed by atoms with Crippen LogP contribution in [0, 0.1) is 0 Å². The van der Waals surface area contributed by atoms with Crippen LogP contribution in [-0.2, 0) is 9.53 Å². The number of nitrogens with two attached hydrogens (primary N) is 1. The van der Waals surface area contributed by atoms with Crippen molar-refractivity contribution in [2.75, 3.05) is 7.11 Å². The quantitative estimate of drug-likeness (QED) is 0.773. The average molecular weight is 256 g/mol. The van der Waals surface area contributed by atoms with Crippen LogP contribution in [0.4, 0.5) is 0 Å². The third kappa shape index (κ3) is 2.78. The number of hydrogen-bond donors (Lipinski definition) is 2. The normalized spacial score (nSPS) is 28.9. The van der Waals surface area contributed by atoms with Crippen molar-refractivity contribution in [3.63, 3.8) is 0 Å². The van der Waals surface area contributed by atoms with Crippen LogP contribution in [-0.4, -0.2) is 39.0 Å². The lowest BCUT2D eigenvalue weighted by Gasteiger charge is -2.34. The number of esters is 1. The van der Waals surface area contributed by atoms with Gasteiger partial charge in [-0.05, 0) is 25.7 Å². The molecule has 0 saturated heterocycles. The van der Waals surface area contributed by atoms with E-state index >= 15 is 0 Å². The van der Waals surface area contributed by atoms with E-state index in [0.29, 0.717) is 12.8 Å². The van der Waals surface area contributed by atoms with Gasteiger partial charge < -0.3 is 10.5 Å². The molecule has 1 fully saturated rings. The molecule has 3 N–H and O–H groups in total. The fourth-order valence-electron chi connectivity index (χ4n) is 2.15. The highest BCUT2D eigenvalue weighted by atomic mass is 32.2. The van der Waals surface area contributed by atoms with E-state index in [0.717, 1.165) is 18.0 Å². The van der Waals surface area contributed by atoms with E-state index in [1.165, 1.54) is 13.4 Å². The molecule has 0 amide bonds. The smallest absolute Gasteiger partial charge is 0.325 e. The van der Waals surface area contributed by atoms with Gasteiger partial charge in [-0.3, -0.25) is 9.89 Å². The minimum Gasteiger partial charge on any atom is -0.468 e. The van der Waals surface area contributed by atoms with Crippen LogP contribution in [0.5, 0.6) is 0 Å². The minimum atomic E-state index is -0.843. The lowest BCUT2D eigenvalue weighted by Crippen LogP contribution is -2.52. The number of carbonyl (C=O) groups excluding carboxylic acids is 1. The maximum absolute atomic E-state index is 11.6. The SMILES string of the molecule is COC(=O)C1(N)CCCC(Sc2ncn[nH]2)C1. The maximum Gasteiger partial charge on any atom is 0.325 e. The van der Waals surface area contributed by atoms with E-state index in [1.807, 2.05) is 0 Å². The van der Waals surface area contributed by atoms with E-state index in [1.54, 1.807) is 11.8 Å². The third-order valence-corrected chi connectivity index (χ3v) is 4.16. The summed E-state index contributed by atoms with van der Waals surface area (Å²) in [6.07, 6.45) is 4.73. The summed E-state index contributed by atoms with van der Waals surface area (Å²) < 4.78 is 4.77. The number of aromatic amines is 1. The summed E-state index contributed by atoms with van der Waals surface area (Å²) in [6, 6.07) is 0. The van der Waals surface area contributed by atoms with Crippen molar-refractivity contribution >= 4 is 17.7 Å². The predicted octanol–water partition coefficient (Wildman–Crippen LogP) is 0.710. The van der Waals surface area contributed by atoms with Crippen LogP contribution >= 0.6 is 11.8 Å². The molecule has 2 atom stereocenters. The summed E-state index contributed by atoms with van der Waals surface area (Å²) in [6.45, 7) is 0. The van der Waals surface area contributed by atoms with Crippen molar-refractivity contribution < 1.29 is 9.53 Å².